The lowest BCUT2D eigenvalue weighted by Gasteiger charge is -2.13. The van der Waals surface area contributed by atoms with Gasteiger partial charge in [0.1, 0.15) is 13.8 Å². The third-order valence-electron chi connectivity index (χ3n) is 3.01. The van der Waals surface area contributed by atoms with Gasteiger partial charge >= 0.3 is 0 Å². The molecule has 2 aromatic rings. The molecule has 1 N–H and O–H groups in total. The normalized spacial score (nSPS) is 10.2. The van der Waals surface area contributed by atoms with E-state index in [0.29, 0.717) is 5.02 Å². The molecule has 20 heavy (non-hydrogen) atoms. The zero-order valence-electron chi connectivity index (χ0n) is 11.7. The summed E-state index contributed by atoms with van der Waals surface area (Å²) in [7, 11) is 1.88. The molecule has 0 aliphatic heterocycles. The summed E-state index contributed by atoms with van der Waals surface area (Å²) in [5, 5.41) is 3.90. The highest BCUT2D eigenvalue weighted by molar-refractivity contribution is 6.32. The van der Waals surface area contributed by atoms with Crippen LogP contribution in [0, 0.1) is 6.92 Å². The first-order valence-electron chi connectivity index (χ1n) is 6.20. The minimum Gasteiger partial charge on any atom is -0.354 e. The highest BCUT2D eigenvalue weighted by Crippen LogP contribution is 2.28. The summed E-state index contributed by atoms with van der Waals surface area (Å²) in [6.07, 6.45) is 1.76. The molecule has 0 radical (unpaired) electrons. The summed E-state index contributed by atoms with van der Waals surface area (Å²) in [6.45, 7) is 9.87. The van der Waals surface area contributed by atoms with Crippen molar-refractivity contribution in [2.24, 2.45) is 0 Å². The summed E-state index contributed by atoms with van der Waals surface area (Å²) in [5.41, 5.74) is 4.38. The summed E-state index contributed by atoms with van der Waals surface area (Å²) in [5.74, 6) is 0. The number of halogens is 1. The lowest BCUT2D eigenvalue weighted by Crippen LogP contribution is -2.02. The Bertz CT molecular complexity index is 677. The van der Waals surface area contributed by atoms with Crippen LogP contribution in [0.25, 0.3) is 5.70 Å². The highest BCUT2D eigenvalue weighted by atomic mass is 35.5. The average Bonchev–Trinajstić information content (AvgIpc) is 2.41. The second-order valence-corrected chi connectivity index (χ2v) is 5.01. The predicted octanol–water partition coefficient (Wildman–Crippen LogP) is 4.10. The van der Waals surface area contributed by atoms with E-state index >= 15 is 0 Å². The fraction of sp³-hybridized carbons (Fsp3) is 0.125. The summed E-state index contributed by atoms with van der Waals surface area (Å²) >= 11 is 6.25. The number of hydrogen-bond donors (Lipinski definition) is 1. The van der Waals surface area contributed by atoms with E-state index in [1.165, 1.54) is 0 Å². The van der Waals surface area contributed by atoms with Crippen LogP contribution in [0.4, 0.5) is 11.4 Å². The fourth-order valence-corrected chi connectivity index (χ4v) is 2.06. The zero-order valence-corrected chi connectivity index (χ0v) is 12.4. The minimum atomic E-state index is 0.648. The number of rotatable bonds is 4. The van der Waals surface area contributed by atoms with Crippen molar-refractivity contribution in [2.45, 2.75) is 6.92 Å². The van der Waals surface area contributed by atoms with Crippen LogP contribution in [-0.2, 0) is 0 Å². The molecule has 4 heteroatoms. The van der Waals surface area contributed by atoms with Gasteiger partial charge in [-0.25, -0.2) is 4.58 Å². The van der Waals surface area contributed by atoms with E-state index < -0.39 is 0 Å². The van der Waals surface area contributed by atoms with E-state index in [0.717, 1.165) is 28.3 Å². The topological polar surface area (TPSA) is 27.9 Å². The van der Waals surface area contributed by atoms with Crippen LogP contribution >= 0.6 is 11.6 Å². The van der Waals surface area contributed by atoms with Gasteiger partial charge < -0.3 is 5.32 Å². The molecule has 1 aromatic carbocycles. The number of aryl methyl sites for hydroxylation is 1. The standard InChI is InChI=1S/C16H17ClN3/c1-11(19-16-6-5-9-18-12(16)2)14-10-13(20(3)4)7-8-15(14)17/h5-10,19H,1,3H2,2,4H3/q+1. The fourth-order valence-electron chi connectivity index (χ4n) is 1.83. The smallest absolute Gasteiger partial charge is 0.205 e. The van der Waals surface area contributed by atoms with Crippen LogP contribution in [0.1, 0.15) is 11.3 Å². The summed E-state index contributed by atoms with van der Waals surface area (Å²) in [6, 6.07) is 9.55. The monoisotopic (exact) mass is 286 g/mol. The molecule has 0 saturated carbocycles. The Labute approximate surface area is 124 Å². The van der Waals surface area contributed by atoms with Crippen molar-refractivity contribution in [3.8, 4) is 0 Å². The molecule has 1 heterocycles. The van der Waals surface area contributed by atoms with E-state index in [-0.39, 0.29) is 0 Å². The quantitative estimate of drug-likeness (QED) is 0.677. The number of nitrogens with one attached hydrogen (secondary N) is 1. The maximum Gasteiger partial charge on any atom is 0.205 e. The van der Waals surface area contributed by atoms with Crippen LogP contribution < -0.4 is 5.32 Å². The molecule has 0 fully saturated rings. The van der Waals surface area contributed by atoms with Crippen molar-refractivity contribution in [1.29, 1.82) is 0 Å². The van der Waals surface area contributed by atoms with Gasteiger partial charge in [0.15, 0.2) is 0 Å². The number of nitrogens with zero attached hydrogens (tertiary/aromatic N) is 2. The van der Waals surface area contributed by atoms with E-state index in [1.807, 2.05) is 44.3 Å². The number of pyridine rings is 1. The Balaban J connectivity index is 2.32. The number of benzene rings is 1. The SMILES string of the molecule is C=C(Nc1cccnc1C)c1cc([N+](=C)C)ccc1Cl. The third-order valence-corrected chi connectivity index (χ3v) is 3.34. The van der Waals surface area contributed by atoms with E-state index in [4.69, 9.17) is 11.6 Å². The molecule has 0 aliphatic rings. The maximum absolute atomic E-state index is 6.25. The zero-order chi connectivity index (χ0) is 14.7. The van der Waals surface area contributed by atoms with Gasteiger partial charge in [0.25, 0.3) is 0 Å². The van der Waals surface area contributed by atoms with Crippen molar-refractivity contribution >= 4 is 35.4 Å². The second kappa shape index (κ2) is 5.88. The summed E-state index contributed by atoms with van der Waals surface area (Å²) in [4.78, 5) is 4.24. The second-order valence-electron chi connectivity index (χ2n) is 4.60. The lowest BCUT2D eigenvalue weighted by molar-refractivity contribution is -0.394. The minimum absolute atomic E-state index is 0.648. The maximum atomic E-state index is 6.25. The van der Waals surface area contributed by atoms with Gasteiger partial charge in [-0.2, -0.15) is 0 Å². The van der Waals surface area contributed by atoms with E-state index in [2.05, 4.69) is 23.6 Å². The molecular weight excluding hydrogens is 270 g/mol. The van der Waals surface area contributed by atoms with Crippen LogP contribution in [0.3, 0.4) is 0 Å². The highest BCUT2D eigenvalue weighted by Gasteiger charge is 2.10. The number of hydrogen-bond acceptors (Lipinski definition) is 2. The number of aromatic nitrogens is 1. The van der Waals surface area contributed by atoms with Gasteiger partial charge in [-0.15, -0.1) is 0 Å². The van der Waals surface area contributed by atoms with Crippen molar-refractivity contribution in [2.75, 3.05) is 12.4 Å². The molecule has 0 atom stereocenters. The van der Waals surface area contributed by atoms with Gasteiger partial charge in [-0.3, -0.25) is 4.98 Å². The van der Waals surface area contributed by atoms with Gasteiger partial charge in [-0.05, 0) is 25.1 Å². The van der Waals surface area contributed by atoms with Crippen molar-refractivity contribution in [1.82, 2.24) is 4.98 Å². The molecule has 1 aromatic heterocycles. The Kier molecular flexibility index (Phi) is 4.20. The first-order chi connectivity index (χ1) is 9.49. The molecule has 0 aliphatic carbocycles. The number of anilines is 1. The van der Waals surface area contributed by atoms with Gasteiger partial charge in [0, 0.05) is 29.6 Å². The van der Waals surface area contributed by atoms with Crippen LogP contribution in [0.15, 0.2) is 43.1 Å². The van der Waals surface area contributed by atoms with Crippen LogP contribution in [0.5, 0.6) is 0 Å². The van der Waals surface area contributed by atoms with E-state index in [1.54, 1.807) is 10.8 Å². The molecule has 2 rings (SSSR count). The lowest BCUT2D eigenvalue weighted by atomic mass is 10.1. The predicted molar refractivity (Wildman–Crippen MR) is 86.0 cm³/mol. The molecule has 0 saturated heterocycles. The first kappa shape index (κ1) is 14.3. The molecule has 0 bridgehead atoms. The largest absolute Gasteiger partial charge is 0.354 e. The van der Waals surface area contributed by atoms with Gasteiger partial charge in [-0.1, -0.05) is 18.2 Å². The Morgan fingerprint density at radius 1 is 1.35 bits per heavy atom. The Morgan fingerprint density at radius 2 is 2.10 bits per heavy atom. The van der Waals surface area contributed by atoms with Crippen molar-refractivity contribution in [3.05, 3.63) is 59.4 Å². The molecule has 0 spiro atoms. The average molecular weight is 287 g/mol. The molecular formula is C16H17ClN3+. The third kappa shape index (κ3) is 3.06. The van der Waals surface area contributed by atoms with Gasteiger partial charge in [0.05, 0.1) is 16.4 Å². The Morgan fingerprint density at radius 3 is 2.75 bits per heavy atom. The Hall–Kier alpha value is -2.13. The van der Waals surface area contributed by atoms with Gasteiger partial charge in [0.2, 0.25) is 5.69 Å². The van der Waals surface area contributed by atoms with Crippen LogP contribution in [-0.4, -0.2) is 23.3 Å². The molecule has 3 nitrogen and oxygen atoms in total. The van der Waals surface area contributed by atoms with Crippen molar-refractivity contribution in [3.63, 3.8) is 0 Å². The molecule has 0 unspecified atom stereocenters. The summed E-state index contributed by atoms with van der Waals surface area (Å²) < 4.78 is 1.78. The van der Waals surface area contributed by atoms with E-state index in [9.17, 15) is 0 Å². The molecule has 102 valence electrons. The molecule has 0 amide bonds. The first-order valence-corrected chi connectivity index (χ1v) is 6.58. The van der Waals surface area contributed by atoms with Crippen molar-refractivity contribution < 1.29 is 4.58 Å². The van der Waals surface area contributed by atoms with Crippen LogP contribution in [0.2, 0.25) is 5.02 Å².